The van der Waals surface area contributed by atoms with Crippen LogP contribution in [0.15, 0.2) is 0 Å². The Labute approximate surface area is 116 Å². The Kier molecular flexibility index (Phi) is 6.84. The maximum Gasteiger partial charge on any atom is 0.223 e. The van der Waals surface area contributed by atoms with E-state index in [9.17, 15) is 9.59 Å². The Morgan fingerprint density at radius 2 is 1.58 bits per heavy atom. The van der Waals surface area contributed by atoms with Gasteiger partial charge >= 0.3 is 0 Å². The van der Waals surface area contributed by atoms with E-state index in [0.717, 1.165) is 13.1 Å². The molecule has 19 heavy (non-hydrogen) atoms. The Hall–Kier alpha value is -1.10. The van der Waals surface area contributed by atoms with Gasteiger partial charge in [0.05, 0.1) is 0 Å². The zero-order valence-corrected chi connectivity index (χ0v) is 12.4. The van der Waals surface area contributed by atoms with Crippen LogP contribution in [0.1, 0.15) is 33.6 Å². The van der Waals surface area contributed by atoms with Crippen LogP contribution in [-0.4, -0.2) is 60.9 Å². The summed E-state index contributed by atoms with van der Waals surface area (Å²) in [5.41, 5.74) is 0. The molecule has 1 aliphatic heterocycles. The topological polar surface area (TPSA) is 52.7 Å². The summed E-state index contributed by atoms with van der Waals surface area (Å²) in [6.45, 7) is 10.5. The van der Waals surface area contributed by atoms with Gasteiger partial charge in [0.1, 0.15) is 0 Å². The zero-order valence-electron chi connectivity index (χ0n) is 12.4. The average molecular weight is 269 g/mol. The molecule has 1 heterocycles. The molecule has 1 fully saturated rings. The number of hydrogen-bond donors (Lipinski definition) is 1. The summed E-state index contributed by atoms with van der Waals surface area (Å²) in [6.07, 6.45) is 1.15. The van der Waals surface area contributed by atoms with Crippen molar-refractivity contribution in [2.45, 2.75) is 33.6 Å². The number of nitrogens with one attached hydrogen (secondary N) is 1. The lowest BCUT2D eigenvalue weighted by Gasteiger charge is -2.35. The SMILES string of the molecule is CCNCCC(=O)N1CCN(C(=O)CC(C)C)CC1. The third kappa shape index (κ3) is 5.59. The van der Waals surface area contributed by atoms with Crippen LogP contribution in [0.25, 0.3) is 0 Å². The van der Waals surface area contributed by atoms with Crippen LogP contribution in [0.5, 0.6) is 0 Å². The average Bonchev–Trinajstić information content (AvgIpc) is 2.38. The standard InChI is InChI=1S/C14H27N3O2/c1-4-15-6-5-13(18)16-7-9-17(10-8-16)14(19)11-12(2)3/h12,15H,4-11H2,1-3H3. The molecule has 0 atom stereocenters. The van der Waals surface area contributed by atoms with Crippen LogP contribution in [0.2, 0.25) is 0 Å². The molecule has 0 spiro atoms. The lowest BCUT2D eigenvalue weighted by Crippen LogP contribution is -2.51. The van der Waals surface area contributed by atoms with Gasteiger partial charge < -0.3 is 15.1 Å². The number of nitrogens with zero attached hydrogens (tertiary/aromatic N) is 2. The molecule has 0 aromatic heterocycles. The van der Waals surface area contributed by atoms with Crippen LogP contribution < -0.4 is 5.32 Å². The summed E-state index contributed by atoms with van der Waals surface area (Å²) in [6, 6.07) is 0. The van der Waals surface area contributed by atoms with Crippen LogP contribution in [0.3, 0.4) is 0 Å². The highest BCUT2D eigenvalue weighted by molar-refractivity contribution is 5.78. The molecule has 110 valence electrons. The van der Waals surface area contributed by atoms with E-state index in [1.54, 1.807) is 0 Å². The molecule has 0 radical (unpaired) electrons. The Balaban J connectivity index is 2.28. The first-order chi connectivity index (χ1) is 9.04. The van der Waals surface area contributed by atoms with Crippen molar-refractivity contribution in [2.75, 3.05) is 39.3 Å². The first-order valence-corrected chi connectivity index (χ1v) is 7.30. The maximum atomic E-state index is 11.9. The highest BCUT2D eigenvalue weighted by Crippen LogP contribution is 2.08. The highest BCUT2D eigenvalue weighted by atomic mass is 16.2. The predicted octanol–water partition coefficient (Wildman–Crippen LogP) is 0.703. The third-order valence-electron chi connectivity index (χ3n) is 3.33. The number of hydrogen-bond acceptors (Lipinski definition) is 3. The molecular weight excluding hydrogens is 242 g/mol. The zero-order chi connectivity index (χ0) is 14.3. The van der Waals surface area contributed by atoms with Crippen LogP contribution in [0.4, 0.5) is 0 Å². The van der Waals surface area contributed by atoms with Gasteiger partial charge in [0.15, 0.2) is 0 Å². The van der Waals surface area contributed by atoms with Crippen molar-refractivity contribution in [3.05, 3.63) is 0 Å². The fraction of sp³-hybridized carbons (Fsp3) is 0.857. The second kappa shape index (κ2) is 8.15. The number of amides is 2. The lowest BCUT2D eigenvalue weighted by atomic mass is 10.1. The lowest BCUT2D eigenvalue weighted by molar-refractivity contribution is -0.139. The molecule has 0 aromatic rings. The van der Waals surface area contributed by atoms with E-state index >= 15 is 0 Å². The van der Waals surface area contributed by atoms with Crippen molar-refractivity contribution < 1.29 is 9.59 Å². The van der Waals surface area contributed by atoms with Crippen molar-refractivity contribution in [1.29, 1.82) is 0 Å². The van der Waals surface area contributed by atoms with E-state index in [4.69, 9.17) is 0 Å². The molecule has 0 bridgehead atoms. The molecule has 1 rings (SSSR count). The van der Waals surface area contributed by atoms with E-state index in [2.05, 4.69) is 19.2 Å². The highest BCUT2D eigenvalue weighted by Gasteiger charge is 2.23. The number of rotatable bonds is 6. The number of piperazine rings is 1. The van der Waals surface area contributed by atoms with Gasteiger partial charge in [0.25, 0.3) is 0 Å². The van der Waals surface area contributed by atoms with Gasteiger partial charge in [-0.3, -0.25) is 9.59 Å². The van der Waals surface area contributed by atoms with Gasteiger partial charge in [-0.15, -0.1) is 0 Å². The number of carbonyl (C=O) groups is 2. The molecule has 1 aliphatic rings. The Bertz CT molecular complexity index is 297. The van der Waals surface area contributed by atoms with E-state index in [1.807, 2.05) is 16.7 Å². The van der Waals surface area contributed by atoms with E-state index in [1.165, 1.54) is 0 Å². The van der Waals surface area contributed by atoms with E-state index < -0.39 is 0 Å². The summed E-state index contributed by atoms with van der Waals surface area (Å²) < 4.78 is 0. The minimum Gasteiger partial charge on any atom is -0.339 e. The Morgan fingerprint density at radius 3 is 2.05 bits per heavy atom. The smallest absolute Gasteiger partial charge is 0.223 e. The molecule has 5 nitrogen and oxygen atoms in total. The first kappa shape index (κ1) is 16.0. The summed E-state index contributed by atoms with van der Waals surface area (Å²) in [7, 11) is 0. The van der Waals surface area contributed by atoms with Crippen molar-refractivity contribution in [2.24, 2.45) is 5.92 Å². The van der Waals surface area contributed by atoms with Crippen molar-refractivity contribution in [3.63, 3.8) is 0 Å². The molecular formula is C14H27N3O2. The van der Waals surface area contributed by atoms with Gasteiger partial charge in [0.2, 0.25) is 11.8 Å². The first-order valence-electron chi connectivity index (χ1n) is 7.30. The van der Waals surface area contributed by atoms with Crippen molar-refractivity contribution >= 4 is 11.8 Å². The molecule has 0 unspecified atom stereocenters. The molecule has 1 saturated heterocycles. The van der Waals surface area contributed by atoms with Gasteiger partial charge in [-0.1, -0.05) is 20.8 Å². The third-order valence-corrected chi connectivity index (χ3v) is 3.33. The quantitative estimate of drug-likeness (QED) is 0.722. The molecule has 5 heteroatoms. The fourth-order valence-corrected chi connectivity index (χ4v) is 2.21. The number of carbonyl (C=O) groups excluding carboxylic acids is 2. The predicted molar refractivity (Wildman–Crippen MR) is 75.8 cm³/mol. The van der Waals surface area contributed by atoms with E-state index in [0.29, 0.717) is 44.9 Å². The van der Waals surface area contributed by atoms with Gasteiger partial charge in [0, 0.05) is 45.6 Å². The van der Waals surface area contributed by atoms with Crippen LogP contribution in [0, 0.1) is 5.92 Å². The van der Waals surface area contributed by atoms with Crippen LogP contribution >= 0.6 is 0 Å². The van der Waals surface area contributed by atoms with Gasteiger partial charge in [-0.25, -0.2) is 0 Å². The normalized spacial score (nSPS) is 16.0. The summed E-state index contributed by atoms with van der Waals surface area (Å²) in [4.78, 5) is 27.6. The van der Waals surface area contributed by atoms with Crippen molar-refractivity contribution in [1.82, 2.24) is 15.1 Å². The molecule has 0 aromatic carbocycles. The summed E-state index contributed by atoms with van der Waals surface area (Å²) >= 11 is 0. The summed E-state index contributed by atoms with van der Waals surface area (Å²) in [5, 5.41) is 3.15. The van der Waals surface area contributed by atoms with Crippen molar-refractivity contribution in [3.8, 4) is 0 Å². The van der Waals surface area contributed by atoms with Crippen LogP contribution in [-0.2, 0) is 9.59 Å². The molecule has 2 amide bonds. The fourth-order valence-electron chi connectivity index (χ4n) is 2.21. The minimum atomic E-state index is 0.192. The molecule has 0 saturated carbocycles. The van der Waals surface area contributed by atoms with E-state index in [-0.39, 0.29) is 11.8 Å². The summed E-state index contributed by atoms with van der Waals surface area (Å²) in [5.74, 6) is 0.805. The Morgan fingerprint density at radius 1 is 1.05 bits per heavy atom. The second-order valence-electron chi connectivity index (χ2n) is 5.46. The van der Waals surface area contributed by atoms with Gasteiger partial charge in [-0.2, -0.15) is 0 Å². The minimum absolute atomic E-state index is 0.192. The largest absolute Gasteiger partial charge is 0.339 e. The second-order valence-corrected chi connectivity index (χ2v) is 5.46. The molecule has 0 aliphatic carbocycles. The molecule has 1 N–H and O–H groups in total. The maximum absolute atomic E-state index is 11.9. The van der Waals surface area contributed by atoms with Gasteiger partial charge in [-0.05, 0) is 12.5 Å². The monoisotopic (exact) mass is 269 g/mol.